The van der Waals surface area contributed by atoms with Crippen molar-refractivity contribution in [2.24, 2.45) is 0 Å². The second-order valence-corrected chi connectivity index (χ2v) is 8.37. The molecule has 1 aromatic carbocycles. The second-order valence-electron chi connectivity index (χ2n) is 7.30. The summed E-state index contributed by atoms with van der Waals surface area (Å²) in [7, 11) is 0. The topological polar surface area (TPSA) is 35.0 Å². The van der Waals surface area contributed by atoms with Crippen LogP contribution in [0.2, 0.25) is 0 Å². The fraction of sp³-hybridized carbons (Fsp3) is 0.583. The van der Waals surface area contributed by atoms with Gasteiger partial charge < -0.3 is 4.74 Å². The average Bonchev–Trinajstić information content (AvgIpc) is 2.74. The zero-order valence-electron chi connectivity index (χ0n) is 17.7. The minimum absolute atomic E-state index is 0.802. The zero-order chi connectivity index (χ0) is 19.9. The normalized spacial score (nSPS) is 10.9. The van der Waals surface area contributed by atoms with E-state index in [0.29, 0.717) is 0 Å². The van der Waals surface area contributed by atoms with Crippen molar-refractivity contribution in [2.75, 3.05) is 12.4 Å². The van der Waals surface area contributed by atoms with Crippen molar-refractivity contribution in [1.29, 1.82) is 0 Å². The Kier molecular flexibility index (Phi) is 11.7. The van der Waals surface area contributed by atoms with E-state index < -0.39 is 0 Å². The summed E-state index contributed by atoms with van der Waals surface area (Å²) in [5, 5.41) is 0.877. The van der Waals surface area contributed by atoms with Gasteiger partial charge in [-0.1, -0.05) is 89.1 Å². The maximum absolute atomic E-state index is 5.84. The molecule has 2 rings (SSSR count). The molecule has 28 heavy (non-hydrogen) atoms. The molecule has 154 valence electrons. The largest absolute Gasteiger partial charge is 0.494 e. The Morgan fingerprint density at radius 2 is 1.32 bits per heavy atom. The monoisotopic (exact) mass is 400 g/mol. The van der Waals surface area contributed by atoms with Crippen LogP contribution in [0.3, 0.4) is 0 Å². The van der Waals surface area contributed by atoms with Crippen LogP contribution in [0.15, 0.2) is 41.8 Å². The van der Waals surface area contributed by atoms with Crippen LogP contribution in [-0.2, 0) is 0 Å². The fourth-order valence-corrected chi connectivity index (χ4v) is 3.83. The highest BCUT2D eigenvalue weighted by atomic mass is 32.2. The van der Waals surface area contributed by atoms with E-state index in [1.54, 1.807) is 11.8 Å². The first-order valence-electron chi connectivity index (χ1n) is 11.0. The maximum atomic E-state index is 5.84. The summed E-state index contributed by atoms with van der Waals surface area (Å²) in [5.74, 6) is 2.04. The molecule has 0 aliphatic heterocycles. The van der Waals surface area contributed by atoms with E-state index in [-0.39, 0.29) is 0 Å². The number of hydrogen-bond acceptors (Lipinski definition) is 4. The molecule has 1 heterocycles. The first kappa shape index (κ1) is 22.7. The molecule has 1 aromatic heterocycles. The highest BCUT2D eigenvalue weighted by Crippen LogP contribution is 2.23. The summed E-state index contributed by atoms with van der Waals surface area (Å²) in [6.07, 6.45) is 16.7. The number of hydrogen-bond donors (Lipinski definition) is 0. The molecule has 0 aliphatic rings. The predicted octanol–water partition coefficient (Wildman–Crippen LogP) is 7.56. The third-order valence-corrected chi connectivity index (χ3v) is 5.77. The summed E-state index contributed by atoms with van der Waals surface area (Å²) in [6.45, 7) is 5.29. The van der Waals surface area contributed by atoms with Gasteiger partial charge in [0.15, 0.2) is 5.16 Å². The lowest BCUT2D eigenvalue weighted by Gasteiger charge is -2.07. The lowest BCUT2D eigenvalue weighted by Crippen LogP contribution is -1.97. The van der Waals surface area contributed by atoms with Crippen LogP contribution < -0.4 is 4.74 Å². The third kappa shape index (κ3) is 9.09. The Balaban J connectivity index is 1.71. The van der Waals surface area contributed by atoms with Gasteiger partial charge in [-0.25, -0.2) is 9.97 Å². The molecule has 0 bridgehead atoms. The van der Waals surface area contributed by atoms with E-state index in [0.717, 1.165) is 40.8 Å². The van der Waals surface area contributed by atoms with Gasteiger partial charge in [0.2, 0.25) is 0 Å². The number of ether oxygens (including phenoxy) is 1. The van der Waals surface area contributed by atoms with E-state index in [1.807, 2.05) is 24.5 Å². The quantitative estimate of drug-likeness (QED) is 0.175. The lowest BCUT2D eigenvalue weighted by atomic mass is 10.1. The molecule has 3 nitrogen and oxygen atoms in total. The molecule has 0 atom stereocenters. The minimum atomic E-state index is 0.802. The van der Waals surface area contributed by atoms with Gasteiger partial charge in [-0.3, -0.25) is 0 Å². The highest BCUT2D eigenvalue weighted by molar-refractivity contribution is 7.99. The SMILES string of the molecule is CCCCCCCOc1ccc(-c2cnc(SCCCCCCC)nc2)cc1. The standard InChI is InChI=1S/C24H36N2OS/c1-3-5-7-9-11-17-27-23-15-13-21(14-16-23)22-19-25-24(26-20-22)28-18-12-10-8-6-4-2/h13-16,19-20H,3-12,17-18H2,1-2H3. The van der Waals surface area contributed by atoms with Gasteiger partial charge in [-0.2, -0.15) is 0 Å². The van der Waals surface area contributed by atoms with E-state index in [4.69, 9.17) is 4.74 Å². The van der Waals surface area contributed by atoms with E-state index >= 15 is 0 Å². The molecule has 0 aliphatic carbocycles. The van der Waals surface area contributed by atoms with Gasteiger partial charge in [0, 0.05) is 23.7 Å². The van der Waals surface area contributed by atoms with Crippen molar-refractivity contribution in [3.63, 3.8) is 0 Å². The Labute approximate surface area is 175 Å². The Morgan fingerprint density at radius 1 is 0.714 bits per heavy atom. The molecule has 0 N–H and O–H groups in total. The summed E-state index contributed by atoms with van der Waals surface area (Å²) in [4.78, 5) is 9.03. The van der Waals surface area contributed by atoms with Gasteiger partial charge in [0.25, 0.3) is 0 Å². The van der Waals surface area contributed by atoms with Gasteiger partial charge in [-0.15, -0.1) is 0 Å². The number of rotatable bonds is 15. The predicted molar refractivity (Wildman–Crippen MR) is 121 cm³/mol. The van der Waals surface area contributed by atoms with Crippen molar-refractivity contribution in [3.8, 4) is 16.9 Å². The summed E-state index contributed by atoms with van der Waals surface area (Å²) in [5.41, 5.74) is 2.19. The number of benzene rings is 1. The molecule has 0 unspecified atom stereocenters. The Bertz CT molecular complexity index is 571. The molecular weight excluding hydrogens is 364 g/mol. The number of nitrogens with zero attached hydrogens (tertiary/aromatic N) is 2. The van der Waals surface area contributed by atoms with E-state index in [9.17, 15) is 0 Å². The lowest BCUT2D eigenvalue weighted by molar-refractivity contribution is 0.304. The Hall–Kier alpha value is -1.55. The summed E-state index contributed by atoms with van der Waals surface area (Å²) in [6, 6.07) is 8.26. The van der Waals surface area contributed by atoms with Crippen molar-refractivity contribution >= 4 is 11.8 Å². The molecular formula is C24H36N2OS. The van der Waals surface area contributed by atoms with Crippen LogP contribution in [0.1, 0.15) is 78.1 Å². The highest BCUT2D eigenvalue weighted by Gasteiger charge is 2.03. The van der Waals surface area contributed by atoms with Gasteiger partial charge in [-0.05, 0) is 30.5 Å². The van der Waals surface area contributed by atoms with Crippen LogP contribution in [0, 0.1) is 0 Å². The van der Waals surface area contributed by atoms with Crippen LogP contribution in [0.4, 0.5) is 0 Å². The van der Waals surface area contributed by atoms with Crippen molar-refractivity contribution in [2.45, 2.75) is 83.2 Å². The first-order chi connectivity index (χ1) is 13.8. The molecule has 0 saturated heterocycles. The van der Waals surface area contributed by atoms with Gasteiger partial charge >= 0.3 is 0 Å². The maximum Gasteiger partial charge on any atom is 0.187 e. The number of unbranched alkanes of at least 4 members (excludes halogenated alkanes) is 8. The van der Waals surface area contributed by atoms with Crippen LogP contribution in [-0.4, -0.2) is 22.3 Å². The molecule has 0 amide bonds. The zero-order valence-corrected chi connectivity index (χ0v) is 18.5. The average molecular weight is 401 g/mol. The molecule has 2 aromatic rings. The molecule has 0 fully saturated rings. The van der Waals surface area contributed by atoms with Gasteiger partial charge in [0.05, 0.1) is 6.61 Å². The smallest absolute Gasteiger partial charge is 0.187 e. The van der Waals surface area contributed by atoms with E-state index in [2.05, 4.69) is 35.9 Å². The van der Waals surface area contributed by atoms with Crippen LogP contribution in [0.5, 0.6) is 5.75 Å². The molecule has 0 spiro atoms. The fourth-order valence-electron chi connectivity index (χ4n) is 3.05. The summed E-state index contributed by atoms with van der Waals surface area (Å²) >= 11 is 1.76. The first-order valence-corrected chi connectivity index (χ1v) is 12.0. The number of aromatic nitrogens is 2. The summed E-state index contributed by atoms with van der Waals surface area (Å²) < 4.78 is 5.84. The molecule has 4 heteroatoms. The molecule has 0 radical (unpaired) electrons. The van der Waals surface area contributed by atoms with Gasteiger partial charge in [0.1, 0.15) is 5.75 Å². The third-order valence-electron chi connectivity index (χ3n) is 4.81. The van der Waals surface area contributed by atoms with E-state index in [1.165, 1.54) is 57.8 Å². The van der Waals surface area contributed by atoms with Crippen LogP contribution >= 0.6 is 11.8 Å². The van der Waals surface area contributed by atoms with Crippen LogP contribution in [0.25, 0.3) is 11.1 Å². The molecule has 0 saturated carbocycles. The van der Waals surface area contributed by atoms with Crippen molar-refractivity contribution in [3.05, 3.63) is 36.7 Å². The second kappa shape index (κ2) is 14.4. The number of thioether (sulfide) groups is 1. The van der Waals surface area contributed by atoms with Crippen molar-refractivity contribution in [1.82, 2.24) is 9.97 Å². The van der Waals surface area contributed by atoms with Crippen molar-refractivity contribution < 1.29 is 4.74 Å². The minimum Gasteiger partial charge on any atom is -0.494 e. The Morgan fingerprint density at radius 3 is 1.96 bits per heavy atom.